The van der Waals surface area contributed by atoms with E-state index in [9.17, 15) is 19.2 Å². The molecule has 0 aliphatic carbocycles. The third-order valence-corrected chi connectivity index (χ3v) is 5.98. The molecular formula is C31H55N3O7S. The number of Topliss-reactive ketones (excluding diaryl/α,β-unsaturated/α-hetero) is 1. The van der Waals surface area contributed by atoms with Crippen LogP contribution in [0, 0.1) is 5.92 Å². The van der Waals surface area contributed by atoms with Gasteiger partial charge in [0, 0.05) is 18.2 Å². The van der Waals surface area contributed by atoms with Gasteiger partial charge in [-0.25, -0.2) is 9.78 Å². The summed E-state index contributed by atoms with van der Waals surface area (Å²) in [5.74, 6) is 0.268. The molecule has 0 unspecified atom stereocenters. The summed E-state index contributed by atoms with van der Waals surface area (Å²) < 4.78 is 13.8. The maximum Gasteiger partial charge on any atom is 0.353 e. The summed E-state index contributed by atoms with van der Waals surface area (Å²) >= 11 is 1.53. The van der Waals surface area contributed by atoms with Crippen LogP contribution < -0.4 is 10.6 Å². The van der Waals surface area contributed by atoms with E-state index < -0.39 is 5.97 Å². The molecule has 0 bridgehead atoms. The number of amides is 2. The molecule has 1 rings (SSSR count). The van der Waals surface area contributed by atoms with E-state index in [2.05, 4.69) is 60.6 Å². The average molecular weight is 614 g/mol. The highest BCUT2D eigenvalue weighted by atomic mass is 32.1. The monoisotopic (exact) mass is 613 g/mol. The molecule has 0 atom stereocenters. The van der Waals surface area contributed by atoms with Gasteiger partial charge in [-0.3, -0.25) is 14.4 Å². The molecule has 1 aromatic rings. The van der Waals surface area contributed by atoms with Crippen LogP contribution in [0.25, 0.3) is 0 Å². The van der Waals surface area contributed by atoms with Crippen molar-refractivity contribution >= 4 is 35.4 Å². The van der Waals surface area contributed by atoms with E-state index in [-0.39, 0.29) is 24.0 Å². The number of hydrogen-bond acceptors (Lipinski definition) is 9. The van der Waals surface area contributed by atoms with Crippen molar-refractivity contribution in [1.29, 1.82) is 0 Å². The van der Waals surface area contributed by atoms with E-state index in [0.29, 0.717) is 31.0 Å². The minimum absolute atomic E-state index is 0.0473. The van der Waals surface area contributed by atoms with Crippen molar-refractivity contribution in [2.45, 2.75) is 92.9 Å². The van der Waals surface area contributed by atoms with Crippen LogP contribution in [0.5, 0.6) is 0 Å². The number of carbonyl (C=O) groups excluding carboxylic acids is 4. The van der Waals surface area contributed by atoms with Crippen LogP contribution >= 0.6 is 11.3 Å². The van der Waals surface area contributed by atoms with Crippen LogP contribution in [-0.2, 0) is 35.0 Å². The van der Waals surface area contributed by atoms with Crippen LogP contribution in [0.4, 0.5) is 0 Å². The molecule has 10 nitrogen and oxygen atoms in total. The lowest BCUT2D eigenvalue weighted by Gasteiger charge is -2.12. The fourth-order valence-corrected chi connectivity index (χ4v) is 4.15. The Balaban J connectivity index is -0.000000494. The maximum atomic E-state index is 11.4. The number of aromatic nitrogens is 1. The standard InChI is InChI=1S/C10H14N2OS.C10H22.C6H12O3.C5H7NO3/c1-4-5-9-12-8(6-14-9)10(13)11-7(2)3;1-4-7-10(8-5-2)9-6-3;1-6(7)5-9-4-3-8-2;1-4(6-3-7)5(8)9-2/h6H,2,4-5H2,1,3H3,(H,11,13);10H,4-9H2,1-3H3;3-5H2,1-2H3;3H,1H2,2H3,(H,6,7). The minimum atomic E-state index is -0.637. The molecule has 2 amide bonds. The molecule has 0 spiro atoms. The predicted molar refractivity (Wildman–Crippen MR) is 170 cm³/mol. The molecule has 2 N–H and O–H groups in total. The molecule has 0 radical (unpaired) electrons. The van der Waals surface area contributed by atoms with Crippen LogP contribution in [0.15, 0.2) is 29.9 Å². The summed E-state index contributed by atoms with van der Waals surface area (Å²) in [5, 5.41) is 7.47. The molecule has 1 aromatic heterocycles. The van der Waals surface area contributed by atoms with Crippen LogP contribution in [-0.4, -0.2) is 63.1 Å². The number of esters is 1. The first kappa shape index (κ1) is 43.6. The summed E-state index contributed by atoms with van der Waals surface area (Å²) in [7, 11) is 2.80. The number of carbonyl (C=O) groups is 4. The Morgan fingerprint density at radius 2 is 1.55 bits per heavy atom. The molecular weight excluding hydrogens is 558 g/mol. The Labute approximate surface area is 257 Å². The van der Waals surface area contributed by atoms with Gasteiger partial charge in [-0.15, -0.1) is 11.3 Å². The van der Waals surface area contributed by atoms with E-state index in [1.54, 1.807) is 19.4 Å². The number of ether oxygens (including phenoxy) is 3. The lowest BCUT2D eigenvalue weighted by atomic mass is 9.94. The van der Waals surface area contributed by atoms with Crippen molar-refractivity contribution in [1.82, 2.24) is 15.6 Å². The van der Waals surface area contributed by atoms with Crippen LogP contribution in [0.2, 0.25) is 0 Å². The van der Waals surface area contributed by atoms with Crippen molar-refractivity contribution in [3.8, 4) is 0 Å². The summed E-state index contributed by atoms with van der Waals surface area (Å²) in [5.41, 5.74) is 1.06. The number of aryl methyl sites for hydroxylation is 1. The van der Waals surface area contributed by atoms with Gasteiger partial charge in [-0.05, 0) is 32.6 Å². The van der Waals surface area contributed by atoms with Crippen molar-refractivity contribution in [3.05, 3.63) is 40.6 Å². The predicted octanol–water partition coefficient (Wildman–Crippen LogP) is 6.02. The second kappa shape index (κ2) is 31.1. The largest absolute Gasteiger partial charge is 0.464 e. The highest BCUT2D eigenvalue weighted by molar-refractivity contribution is 7.09. The number of nitrogens with zero attached hydrogens (tertiary/aromatic N) is 1. The molecule has 1 heterocycles. The van der Waals surface area contributed by atoms with Crippen molar-refractivity contribution in [2.75, 3.05) is 34.0 Å². The highest BCUT2D eigenvalue weighted by Gasteiger charge is 2.09. The summed E-state index contributed by atoms with van der Waals surface area (Å²) in [6.07, 6.45) is 10.8. The SMILES string of the molecule is C=C(C)NC(=O)c1csc(CCC)n1.C=C(NC=O)C(=O)OC.CCCC(CCC)CCC.COCCOCC(C)=O. The number of nitrogens with one attached hydrogen (secondary N) is 2. The first-order valence-electron chi connectivity index (χ1n) is 14.4. The second-order valence-corrected chi connectivity index (χ2v) is 10.3. The Morgan fingerprint density at radius 3 is 1.95 bits per heavy atom. The number of methoxy groups -OCH3 is 2. The lowest BCUT2D eigenvalue weighted by molar-refractivity contribution is -0.137. The van der Waals surface area contributed by atoms with Gasteiger partial charge >= 0.3 is 5.97 Å². The topological polar surface area (TPSA) is 133 Å². The fraction of sp³-hybridized carbons (Fsp3) is 0.645. The van der Waals surface area contributed by atoms with E-state index in [1.165, 1.54) is 63.9 Å². The molecule has 0 aromatic carbocycles. The number of thiazole rings is 1. The third kappa shape index (κ3) is 28.6. The third-order valence-electron chi connectivity index (χ3n) is 5.07. The van der Waals surface area contributed by atoms with Gasteiger partial charge in [0.05, 0.1) is 25.3 Å². The van der Waals surface area contributed by atoms with Crippen molar-refractivity contribution in [2.24, 2.45) is 5.92 Å². The fourth-order valence-electron chi connectivity index (χ4n) is 3.27. The van der Waals surface area contributed by atoms with E-state index in [4.69, 9.17) is 4.74 Å². The average Bonchev–Trinajstić information content (AvgIpc) is 3.41. The number of hydrogen-bond donors (Lipinski definition) is 2. The lowest BCUT2D eigenvalue weighted by Crippen LogP contribution is -2.20. The Morgan fingerprint density at radius 1 is 0.976 bits per heavy atom. The van der Waals surface area contributed by atoms with Gasteiger partial charge in [-0.1, -0.05) is 79.4 Å². The first-order chi connectivity index (χ1) is 20.0. The van der Waals surface area contributed by atoms with Gasteiger partial charge in [0.1, 0.15) is 18.0 Å². The van der Waals surface area contributed by atoms with Crippen molar-refractivity contribution < 1.29 is 33.4 Å². The summed E-state index contributed by atoms with van der Waals surface area (Å²) in [6, 6.07) is 0. The number of rotatable bonds is 18. The molecule has 0 fully saturated rings. The Bertz CT molecular complexity index is 873. The van der Waals surface area contributed by atoms with Crippen LogP contribution in [0.3, 0.4) is 0 Å². The van der Waals surface area contributed by atoms with E-state index in [1.807, 2.05) is 5.32 Å². The minimum Gasteiger partial charge on any atom is -0.464 e. The first-order valence-corrected chi connectivity index (χ1v) is 15.3. The van der Waals surface area contributed by atoms with E-state index in [0.717, 1.165) is 23.8 Å². The smallest absolute Gasteiger partial charge is 0.353 e. The molecule has 0 saturated heterocycles. The Hall–Kier alpha value is -2.89. The second-order valence-electron chi connectivity index (χ2n) is 9.32. The Kier molecular flexibility index (Phi) is 32.2. The molecule has 11 heteroatoms. The summed E-state index contributed by atoms with van der Waals surface area (Å²) in [6.45, 7) is 20.3. The maximum absolute atomic E-state index is 11.4. The molecule has 0 saturated carbocycles. The van der Waals surface area contributed by atoms with E-state index >= 15 is 0 Å². The van der Waals surface area contributed by atoms with Gasteiger partial charge in [0.25, 0.3) is 5.91 Å². The highest BCUT2D eigenvalue weighted by Crippen LogP contribution is 2.18. The van der Waals surface area contributed by atoms with Gasteiger partial charge < -0.3 is 24.8 Å². The molecule has 42 heavy (non-hydrogen) atoms. The van der Waals surface area contributed by atoms with Gasteiger partial charge in [0.15, 0.2) is 5.78 Å². The quantitative estimate of drug-likeness (QED) is 0.0889. The normalized spacial score (nSPS) is 9.55. The number of ketones is 1. The molecule has 0 aliphatic heterocycles. The zero-order chi connectivity index (χ0) is 32.8. The van der Waals surface area contributed by atoms with Crippen LogP contribution in [0.1, 0.15) is 102 Å². The van der Waals surface area contributed by atoms with Gasteiger partial charge in [0.2, 0.25) is 6.41 Å². The summed E-state index contributed by atoms with van der Waals surface area (Å²) in [4.78, 5) is 45.9. The molecule has 0 aliphatic rings. The number of allylic oxidation sites excluding steroid dienone is 1. The zero-order valence-electron chi connectivity index (χ0n) is 27.1. The van der Waals surface area contributed by atoms with Gasteiger partial charge in [-0.2, -0.15) is 0 Å². The van der Waals surface area contributed by atoms with Crippen molar-refractivity contribution in [3.63, 3.8) is 0 Å². The molecule has 242 valence electrons. The zero-order valence-corrected chi connectivity index (χ0v) is 28.0.